The Bertz CT molecular complexity index is 251. The maximum atomic E-state index is 10.9. The predicted molar refractivity (Wildman–Crippen MR) is 62.4 cm³/mol. The summed E-state index contributed by atoms with van der Waals surface area (Å²) in [6, 6.07) is 0.611. The van der Waals surface area contributed by atoms with E-state index in [1.807, 2.05) is 0 Å². The van der Waals surface area contributed by atoms with Crippen molar-refractivity contribution in [1.82, 2.24) is 10.2 Å². The summed E-state index contributed by atoms with van der Waals surface area (Å²) >= 11 is 0. The molecule has 3 unspecified atom stereocenters. The molecule has 2 fully saturated rings. The molecule has 4 heteroatoms. The average molecular weight is 226 g/mol. The minimum Gasteiger partial charge on any atom is -0.481 e. The van der Waals surface area contributed by atoms with Crippen LogP contribution in [-0.2, 0) is 4.79 Å². The van der Waals surface area contributed by atoms with E-state index in [1.165, 1.54) is 25.9 Å². The summed E-state index contributed by atoms with van der Waals surface area (Å²) < 4.78 is 0. The number of aliphatic carboxylic acids is 1. The zero-order valence-electron chi connectivity index (χ0n) is 9.98. The van der Waals surface area contributed by atoms with Gasteiger partial charge in [-0.3, -0.25) is 4.79 Å². The highest BCUT2D eigenvalue weighted by Crippen LogP contribution is 2.28. The molecule has 92 valence electrons. The van der Waals surface area contributed by atoms with Crippen molar-refractivity contribution in [2.45, 2.75) is 44.7 Å². The Labute approximate surface area is 97.0 Å². The molecule has 1 aliphatic heterocycles. The summed E-state index contributed by atoms with van der Waals surface area (Å²) in [5.74, 6) is -0.793. The van der Waals surface area contributed by atoms with Crippen LogP contribution in [-0.4, -0.2) is 47.7 Å². The van der Waals surface area contributed by atoms with E-state index >= 15 is 0 Å². The lowest BCUT2D eigenvalue weighted by molar-refractivity contribution is -0.146. The van der Waals surface area contributed by atoms with E-state index in [9.17, 15) is 4.79 Å². The van der Waals surface area contributed by atoms with Crippen LogP contribution in [0, 0.1) is 5.92 Å². The van der Waals surface area contributed by atoms with E-state index in [2.05, 4.69) is 17.1 Å². The molecule has 0 bridgehead atoms. The number of nitrogens with zero attached hydrogens (tertiary/aromatic N) is 1. The Kier molecular flexibility index (Phi) is 3.82. The summed E-state index contributed by atoms with van der Waals surface area (Å²) in [7, 11) is 0. The van der Waals surface area contributed by atoms with Crippen LogP contribution < -0.4 is 5.32 Å². The van der Waals surface area contributed by atoms with Crippen molar-refractivity contribution in [1.29, 1.82) is 0 Å². The highest BCUT2D eigenvalue weighted by molar-refractivity contribution is 5.72. The maximum Gasteiger partial charge on any atom is 0.308 e. The lowest BCUT2D eigenvalue weighted by atomic mass is 9.79. The van der Waals surface area contributed by atoms with E-state index in [0.717, 1.165) is 19.4 Å². The molecule has 1 aliphatic carbocycles. The molecule has 2 aliphatic rings. The number of hydrogen-bond donors (Lipinski definition) is 2. The molecule has 3 atom stereocenters. The molecule has 1 saturated carbocycles. The van der Waals surface area contributed by atoms with Gasteiger partial charge in [-0.05, 0) is 45.7 Å². The Morgan fingerprint density at radius 1 is 1.44 bits per heavy atom. The third-order valence-electron chi connectivity index (χ3n) is 3.82. The van der Waals surface area contributed by atoms with Gasteiger partial charge >= 0.3 is 5.97 Å². The van der Waals surface area contributed by atoms with Crippen LogP contribution in [0.15, 0.2) is 0 Å². The number of rotatable bonds is 5. The molecule has 16 heavy (non-hydrogen) atoms. The fourth-order valence-corrected chi connectivity index (χ4v) is 2.77. The molecule has 1 saturated heterocycles. The third-order valence-corrected chi connectivity index (χ3v) is 3.82. The van der Waals surface area contributed by atoms with Crippen molar-refractivity contribution in [2.75, 3.05) is 19.6 Å². The van der Waals surface area contributed by atoms with Crippen LogP contribution in [0.25, 0.3) is 0 Å². The standard InChI is InChI=1S/C12H22N2O2/c1-9(8-14-6-2-3-7-14)13-11-5-4-10(11)12(15)16/h9-11,13H,2-8H2,1H3,(H,15,16). The van der Waals surface area contributed by atoms with E-state index in [-0.39, 0.29) is 12.0 Å². The number of nitrogens with one attached hydrogen (secondary N) is 1. The number of likely N-dealkylation sites (tertiary alicyclic amines) is 1. The maximum absolute atomic E-state index is 10.9. The first-order valence-electron chi connectivity index (χ1n) is 6.38. The van der Waals surface area contributed by atoms with Gasteiger partial charge in [-0.1, -0.05) is 0 Å². The zero-order chi connectivity index (χ0) is 11.5. The second-order valence-electron chi connectivity index (χ2n) is 5.20. The van der Waals surface area contributed by atoms with E-state index in [1.54, 1.807) is 0 Å². The minimum absolute atomic E-state index is 0.152. The number of hydrogen-bond acceptors (Lipinski definition) is 3. The van der Waals surface area contributed by atoms with Crippen LogP contribution >= 0.6 is 0 Å². The summed E-state index contributed by atoms with van der Waals surface area (Å²) in [6.07, 6.45) is 4.48. The highest BCUT2D eigenvalue weighted by atomic mass is 16.4. The van der Waals surface area contributed by atoms with Crippen LogP contribution in [0.5, 0.6) is 0 Å². The molecule has 0 aromatic carbocycles. The molecule has 0 aromatic heterocycles. The van der Waals surface area contributed by atoms with Gasteiger partial charge in [0.05, 0.1) is 5.92 Å². The average Bonchev–Trinajstić information content (AvgIpc) is 2.64. The molecule has 4 nitrogen and oxygen atoms in total. The zero-order valence-corrected chi connectivity index (χ0v) is 9.98. The van der Waals surface area contributed by atoms with E-state index in [4.69, 9.17) is 5.11 Å². The summed E-state index contributed by atoms with van der Waals surface area (Å²) in [5, 5.41) is 12.4. The first-order valence-corrected chi connectivity index (χ1v) is 6.38. The van der Waals surface area contributed by atoms with Crippen molar-refractivity contribution < 1.29 is 9.90 Å². The van der Waals surface area contributed by atoms with Gasteiger partial charge in [0.2, 0.25) is 0 Å². The van der Waals surface area contributed by atoms with Gasteiger partial charge in [-0.25, -0.2) is 0 Å². The highest BCUT2D eigenvalue weighted by Gasteiger charge is 2.37. The van der Waals surface area contributed by atoms with Gasteiger partial charge in [0.15, 0.2) is 0 Å². The SMILES string of the molecule is CC(CN1CCCC1)NC1CCC1C(=O)O. The van der Waals surface area contributed by atoms with Gasteiger partial charge in [-0.15, -0.1) is 0 Å². The summed E-state index contributed by atoms with van der Waals surface area (Å²) in [4.78, 5) is 13.3. The molecular formula is C12H22N2O2. The molecule has 0 radical (unpaired) electrons. The first-order chi connectivity index (χ1) is 7.66. The van der Waals surface area contributed by atoms with Gasteiger partial charge in [-0.2, -0.15) is 0 Å². The number of carboxylic acids is 1. The fraction of sp³-hybridized carbons (Fsp3) is 0.917. The lowest BCUT2D eigenvalue weighted by Crippen LogP contribution is -2.53. The molecule has 2 rings (SSSR count). The van der Waals surface area contributed by atoms with E-state index in [0.29, 0.717) is 6.04 Å². The fourth-order valence-electron chi connectivity index (χ4n) is 2.77. The first kappa shape index (κ1) is 11.9. The van der Waals surface area contributed by atoms with Gasteiger partial charge < -0.3 is 15.3 Å². The lowest BCUT2D eigenvalue weighted by Gasteiger charge is -2.37. The van der Waals surface area contributed by atoms with Crippen molar-refractivity contribution in [3.8, 4) is 0 Å². The minimum atomic E-state index is -0.642. The predicted octanol–water partition coefficient (Wildman–Crippen LogP) is 0.923. The van der Waals surface area contributed by atoms with Crippen LogP contribution in [0.1, 0.15) is 32.6 Å². The molecule has 1 heterocycles. The normalized spacial score (nSPS) is 32.3. The van der Waals surface area contributed by atoms with Crippen molar-refractivity contribution >= 4 is 5.97 Å². The van der Waals surface area contributed by atoms with Crippen molar-refractivity contribution in [3.05, 3.63) is 0 Å². The second-order valence-corrected chi connectivity index (χ2v) is 5.20. The Morgan fingerprint density at radius 2 is 2.12 bits per heavy atom. The van der Waals surface area contributed by atoms with Crippen LogP contribution in [0.4, 0.5) is 0 Å². The summed E-state index contributed by atoms with van der Waals surface area (Å²) in [6.45, 7) is 5.64. The monoisotopic (exact) mass is 226 g/mol. The summed E-state index contributed by atoms with van der Waals surface area (Å²) in [5.41, 5.74) is 0. The molecule has 2 N–H and O–H groups in total. The number of carboxylic acid groups (broad SMARTS) is 1. The molecular weight excluding hydrogens is 204 g/mol. The second kappa shape index (κ2) is 5.15. The Morgan fingerprint density at radius 3 is 2.62 bits per heavy atom. The molecule has 0 spiro atoms. The number of carbonyl (C=O) groups is 1. The molecule has 0 aromatic rings. The topological polar surface area (TPSA) is 52.6 Å². The van der Waals surface area contributed by atoms with Crippen molar-refractivity contribution in [3.63, 3.8) is 0 Å². The Balaban J connectivity index is 1.70. The van der Waals surface area contributed by atoms with Gasteiger partial charge in [0, 0.05) is 18.6 Å². The van der Waals surface area contributed by atoms with Crippen LogP contribution in [0.3, 0.4) is 0 Å². The largest absolute Gasteiger partial charge is 0.481 e. The molecule has 0 amide bonds. The van der Waals surface area contributed by atoms with Gasteiger partial charge in [0.25, 0.3) is 0 Å². The van der Waals surface area contributed by atoms with Gasteiger partial charge in [0.1, 0.15) is 0 Å². The smallest absolute Gasteiger partial charge is 0.308 e. The van der Waals surface area contributed by atoms with E-state index < -0.39 is 5.97 Å². The van der Waals surface area contributed by atoms with Crippen LogP contribution in [0.2, 0.25) is 0 Å². The Hall–Kier alpha value is -0.610. The quantitative estimate of drug-likeness (QED) is 0.732. The van der Waals surface area contributed by atoms with Crippen molar-refractivity contribution in [2.24, 2.45) is 5.92 Å². The third kappa shape index (κ3) is 2.74.